The summed E-state index contributed by atoms with van der Waals surface area (Å²) in [5.41, 5.74) is 2.41. The van der Waals surface area contributed by atoms with Gasteiger partial charge in [0.15, 0.2) is 11.5 Å². The van der Waals surface area contributed by atoms with E-state index < -0.39 is 0 Å². The average molecular weight is 473 g/mol. The third-order valence-electron chi connectivity index (χ3n) is 5.48. The minimum absolute atomic E-state index is 0.109. The molecule has 0 radical (unpaired) electrons. The molecule has 0 fully saturated rings. The van der Waals surface area contributed by atoms with Crippen molar-refractivity contribution < 1.29 is 18.7 Å². The van der Waals surface area contributed by atoms with Crippen molar-refractivity contribution in [2.45, 2.75) is 13.5 Å². The Morgan fingerprint density at radius 2 is 1.86 bits per heavy atom. The monoisotopic (exact) mass is 473 g/mol. The molecule has 10 nitrogen and oxygen atoms in total. The number of hydrogen-bond acceptors (Lipinski definition) is 8. The number of rotatable bonds is 8. The first kappa shape index (κ1) is 22.2. The molecule has 178 valence electrons. The highest BCUT2D eigenvalue weighted by Crippen LogP contribution is 2.36. The minimum Gasteiger partial charge on any atom is -0.494 e. The summed E-state index contributed by atoms with van der Waals surface area (Å²) in [6.45, 7) is 2.64. The van der Waals surface area contributed by atoms with Crippen molar-refractivity contribution in [2.24, 2.45) is 0 Å². The standard InChI is InChI=1S/C25H23N5O5/c1-4-34-17-10-8-16(9-11-17)19-14-20-25(31)29(12-13-30(20)27-19)15-22-26-24(28-35-22)18-6-5-7-21(32-2)23(18)33-3/h5-14H,4,15H2,1-3H3. The molecular formula is C25H23N5O5. The van der Waals surface area contributed by atoms with Gasteiger partial charge in [0.05, 0.1) is 32.1 Å². The Bertz CT molecular complexity index is 1530. The number of ether oxygens (including phenoxy) is 3. The van der Waals surface area contributed by atoms with E-state index in [0.717, 1.165) is 11.3 Å². The third-order valence-corrected chi connectivity index (χ3v) is 5.48. The van der Waals surface area contributed by atoms with E-state index >= 15 is 0 Å². The van der Waals surface area contributed by atoms with Gasteiger partial charge < -0.3 is 23.3 Å². The molecule has 0 unspecified atom stereocenters. The van der Waals surface area contributed by atoms with Crippen molar-refractivity contribution >= 4 is 5.52 Å². The molecule has 10 heteroatoms. The molecule has 0 saturated carbocycles. The van der Waals surface area contributed by atoms with Crippen LogP contribution in [-0.4, -0.2) is 45.1 Å². The maximum Gasteiger partial charge on any atom is 0.277 e. The zero-order valence-corrected chi connectivity index (χ0v) is 19.5. The summed E-state index contributed by atoms with van der Waals surface area (Å²) < 4.78 is 24.8. The topological polar surface area (TPSA) is 106 Å². The second-order valence-corrected chi connectivity index (χ2v) is 7.60. The van der Waals surface area contributed by atoms with Crippen LogP contribution in [0.5, 0.6) is 17.2 Å². The smallest absolute Gasteiger partial charge is 0.277 e. The molecule has 0 aliphatic rings. The summed E-state index contributed by atoms with van der Waals surface area (Å²) in [6.07, 6.45) is 3.36. The van der Waals surface area contributed by atoms with E-state index in [1.807, 2.05) is 43.3 Å². The van der Waals surface area contributed by atoms with Gasteiger partial charge in [-0.15, -0.1) is 0 Å². The Morgan fingerprint density at radius 1 is 1.03 bits per heavy atom. The first-order valence-electron chi connectivity index (χ1n) is 11.0. The third kappa shape index (κ3) is 4.21. The van der Waals surface area contributed by atoms with Gasteiger partial charge in [-0.3, -0.25) is 4.79 Å². The molecule has 0 atom stereocenters. The molecule has 35 heavy (non-hydrogen) atoms. The minimum atomic E-state index is -0.226. The summed E-state index contributed by atoms with van der Waals surface area (Å²) in [6, 6.07) is 14.8. The Labute approximate surface area is 200 Å². The van der Waals surface area contributed by atoms with Crippen molar-refractivity contribution in [2.75, 3.05) is 20.8 Å². The van der Waals surface area contributed by atoms with E-state index in [-0.39, 0.29) is 18.0 Å². The fourth-order valence-corrected chi connectivity index (χ4v) is 3.82. The van der Waals surface area contributed by atoms with E-state index in [1.54, 1.807) is 43.3 Å². The number of nitrogens with zero attached hydrogens (tertiary/aromatic N) is 5. The van der Waals surface area contributed by atoms with E-state index in [9.17, 15) is 4.79 Å². The second kappa shape index (κ2) is 9.34. The summed E-state index contributed by atoms with van der Waals surface area (Å²) in [4.78, 5) is 17.6. The highest BCUT2D eigenvalue weighted by Gasteiger charge is 2.18. The van der Waals surface area contributed by atoms with Crippen molar-refractivity contribution in [1.82, 2.24) is 24.3 Å². The van der Waals surface area contributed by atoms with E-state index in [0.29, 0.717) is 40.7 Å². The fraction of sp³-hybridized carbons (Fsp3) is 0.200. The fourth-order valence-electron chi connectivity index (χ4n) is 3.82. The van der Waals surface area contributed by atoms with Gasteiger partial charge in [0.2, 0.25) is 11.7 Å². The lowest BCUT2D eigenvalue weighted by Gasteiger charge is -2.09. The number of fused-ring (bicyclic) bond motifs is 1. The zero-order valence-electron chi connectivity index (χ0n) is 19.5. The van der Waals surface area contributed by atoms with Gasteiger partial charge in [-0.1, -0.05) is 11.2 Å². The molecule has 0 N–H and O–H groups in total. The summed E-state index contributed by atoms with van der Waals surface area (Å²) in [7, 11) is 3.11. The predicted molar refractivity (Wildman–Crippen MR) is 128 cm³/mol. The quantitative estimate of drug-likeness (QED) is 0.336. The molecule has 5 rings (SSSR count). The lowest BCUT2D eigenvalue weighted by atomic mass is 10.1. The summed E-state index contributed by atoms with van der Waals surface area (Å²) in [5, 5.41) is 8.59. The summed E-state index contributed by atoms with van der Waals surface area (Å²) in [5.74, 6) is 2.46. The van der Waals surface area contributed by atoms with Gasteiger partial charge in [-0.25, -0.2) is 4.52 Å². The van der Waals surface area contributed by atoms with E-state index in [2.05, 4.69) is 15.2 Å². The summed E-state index contributed by atoms with van der Waals surface area (Å²) >= 11 is 0. The van der Waals surface area contributed by atoms with Crippen LogP contribution in [0.15, 0.2) is 70.2 Å². The average Bonchev–Trinajstić information content (AvgIpc) is 3.53. The number of benzene rings is 2. The maximum absolute atomic E-state index is 13.1. The van der Waals surface area contributed by atoms with Crippen LogP contribution in [0, 0.1) is 0 Å². The molecule has 0 saturated heterocycles. The van der Waals surface area contributed by atoms with Gasteiger partial charge in [0.25, 0.3) is 5.56 Å². The molecule has 3 aromatic heterocycles. The normalized spacial score (nSPS) is 11.1. The van der Waals surface area contributed by atoms with Crippen molar-refractivity contribution in [1.29, 1.82) is 0 Å². The molecule has 0 amide bonds. The predicted octanol–water partition coefficient (Wildman–Crippen LogP) is 3.68. The van der Waals surface area contributed by atoms with Crippen molar-refractivity contribution in [3.63, 3.8) is 0 Å². The van der Waals surface area contributed by atoms with Gasteiger partial charge in [-0.05, 0) is 49.4 Å². The molecule has 0 spiro atoms. The molecule has 2 aromatic carbocycles. The molecule has 0 aliphatic heterocycles. The Kier molecular flexibility index (Phi) is 5.92. The highest BCUT2D eigenvalue weighted by atomic mass is 16.5. The van der Waals surface area contributed by atoms with Crippen molar-refractivity contribution in [3.05, 3.63) is 77.2 Å². The molecular weight excluding hydrogens is 450 g/mol. The van der Waals surface area contributed by atoms with Gasteiger partial charge in [0, 0.05) is 18.0 Å². The van der Waals surface area contributed by atoms with Crippen molar-refractivity contribution in [3.8, 4) is 39.9 Å². The number of para-hydroxylation sites is 1. The van der Waals surface area contributed by atoms with Gasteiger partial charge in [0.1, 0.15) is 17.8 Å². The van der Waals surface area contributed by atoms with Gasteiger partial charge >= 0.3 is 0 Å². The van der Waals surface area contributed by atoms with Gasteiger partial charge in [-0.2, -0.15) is 10.1 Å². The zero-order chi connectivity index (χ0) is 24.4. The molecule has 0 bridgehead atoms. The Hall–Kier alpha value is -4.60. The molecule has 0 aliphatic carbocycles. The Morgan fingerprint density at radius 3 is 2.60 bits per heavy atom. The van der Waals surface area contributed by atoms with Crippen LogP contribution >= 0.6 is 0 Å². The lowest BCUT2D eigenvalue weighted by Crippen LogP contribution is -2.21. The largest absolute Gasteiger partial charge is 0.494 e. The SMILES string of the molecule is CCOc1ccc(-c2cc3c(=O)n(Cc4nc(-c5cccc(OC)c5OC)no4)ccn3n2)cc1. The van der Waals surface area contributed by atoms with Crippen LogP contribution in [0.3, 0.4) is 0 Å². The molecule has 5 aromatic rings. The lowest BCUT2D eigenvalue weighted by molar-refractivity contribution is 0.340. The maximum atomic E-state index is 13.1. The number of methoxy groups -OCH3 is 2. The number of aromatic nitrogens is 5. The van der Waals surface area contributed by atoms with E-state index in [4.69, 9.17) is 18.7 Å². The molecule has 3 heterocycles. The van der Waals surface area contributed by atoms with Crippen LogP contribution in [0.2, 0.25) is 0 Å². The van der Waals surface area contributed by atoms with Crippen LogP contribution in [0.4, 0.5) is 0 Å². The number of hydrogen-bond donors (Lipinski definition) is 0. The van der Waals surface area contributed by atoms with Crippen LogP contribution in [-0.2, 0) is 6.54 Å². The first-order valence-corrected chi connectivity index (χ1v) is 11.0. The first-order chi connectivity index (χ1) is 17.1. The highest BCUT2D eigenvalue weighted by molar-refractivity contribution is 5.68. The Balaban J connectivity index is 1.42. The van der Waals surface area contributed by atoms with E-state index in [1.165, 1.54) is 4.57 Å². The second-order valence-electron chi connectivity index (χ2n) is 7.60. The van der Waals surface area contributed by atoms with Crippen LogP contribution in [0.25, 0.3) is 28.2 Å². The van der Waals surface area contributed by atoms with Crippen LogP contribution < -0.4 is 19.8 Å². The van der Waals surface area contributed by atoms with Crippen LogP contribution in [0.1, 0.15) is 12.8 Å².